The standard InChI is InChI=1S/2C21H27N3O4/c2*1-14-12-17(13-20(22-14)25-3)28-16-6-8-24(9-7-16)15(2)18-4-5-19-21(23-18)27-11-10-26-19/h2*4-5,12-13,15-16H,6-11H2,1-3H3/t2*15-/m10/s1. The van der Waals surface area contributed by atoms with Gasteiger partial charge in [0.2, 0.25) is 11.8 Å². The van der Waals surface area contributed by atoms with Crippen molar-refractivity contribution in [2.45, 2.75) is 77.7 Å². The van der Waals surface area contributed by atoms with Gasteiger partial charge >= 0.3 is 0 Å². The largest absolute Gasteiger partial charge is 0.490 e. The van der Waals surface area contributed by atoms with Crippen LogP contribution in [-0.2, 0) is 0 Å². The Morgan fingerprint density at radius 1 is 0.554 bits per heavy atom. The molecule has 0 N–H and O–H groups in total. The average molecular weight is 771 g/mol. The highest BCUT2D eigenvalue weighted by atomic mass is 16.6. The number of fused-ring (bicyclic) bond motifs is 2. The van der Waals surface area contributed by atoms with Crippen LogP contribution in [0.1, 0.15) is 74.4 Å². The Bertz CT molecular complexity index is 1780. The van der Waals surface area contributed by atoms with Crippen LogP contribution in [0.15, 0.2) is 48.5 Å². The van der Waals surface area contributed by atoms with E-state index in [0.717, 1.165) is 97.6 Å². The maximum absolute atomic E-state index is 6.19. The molecule has 0 aromatic carbocycles. The highest BCUT2D eigenvalue weighted by molar-refractivity contribution is 5.38. The fourth-order valence-electron chi connectivity index (χ4n) is 7.44. The van der Waals surface area contributed by atoms with Crippen LogP contribution in [0, 0.1) is 13.8 Å². The number of pyridine rings is 4. The molecule has 0 bridgehead atoms. The highest BCUT2D eigenvalue weighted by Gasteiger charge is 2.28. The van der Waals surface area contributed by atoms with Gasteiger partial charge in [-0.05, 0) is 77.6 Å². The number of hydrogen-bond acceptors (Lipinski definition) is 14. The summed E-state index contributed by atoms with van der Waals surface area (Å²) in [4.78, 5) is 22.8. The summed E-state index contributed by atoms with van der Waals surface area (Å²) in [6.45, 7) is 14.4. The van der Waals surface area contributed by atoms with Gasteiger partial charge in [0.1, 0.15) is 50.1 Å². The molecule has 2 fully saturated rings. The van der Waals surface area contributed by atoms with E-state index < -0.39 is 0 Å². The third-order valence-corrected chi connectivity index (χ3v) is 10.6. The Balaban J connectivity index is 0.000000172. The Morgan fingerprint density at radius 3 is 1.34 bits per heavy atom. The van der Waals surface area contributed by atoms with Crippen LogP contribution >= 0.6 is 0 Å². The van der Waals surface area contributed by atoms with Gasteiger partial charge in [-0.25, -0.2) is 19.9 Å². The quantitative estimate of drug-likeness (QED) is 0.178. The number of aromatic nitrogens is 4. The minimum atomic E-state index is 0.197. The van der Waals surface area contributed by atoms with E-state index in [4.69, 9.17) is 37.9 Å². The van der Waals surface area contributed by atoms with E-state index in [2.05, 4.69) is 43.6 Å². The van der Waals surface area contributed by atoms with Gasteiger partial charge in [-0.3, -0.25) is 9.80 Å². The number of aryl methyl sites for hydroxylation is 2. The van der Waals surface area contributed by atoms with Crippen molar-refractivity contribution in [1.82, 2.24) is 29.7 Å². The zero-order chi connectivity index (χ0) is 39.0. The smallest absolute Gasteiger partial charge is 0.257 e. The molecule has 2 atom stereocenters. The molecule has 300 valence electrons. The molecule has 4 aliphatic rings. The van der Waals surface area contributed by atoms with Crippen molar-refractivity contribution in [1.29, 1.82) is 0 Å². The van der Waals surface area contributed by atoms with Crippen molar-refractivity contribution in [3.8, 4) is 46.5 Å². The predicted molar refractivity (Wildman–Crippen MR) is 209 cm³/mol. The van der Waals surface area contributed by atoms with Crippen LogP contribution in [0.25, 0.3) is 0 Å². The second-order valence-electron chi connectivity index (χ2n) is 14.5. The number of likely N-dealkylation sites (tertiary alicyclic amines) is 2. The molecule has 0 amide bonds. The van der Waals surface area contributed by atoms with Crippen LogP contribution < -0.4 is 37.9 Å². The SMILES string of the molecule is COc1cc(OC2CCN([C@@H](C)c3ccc4c(n3)OCCO4)CC2)cc(C)n1.COc1cc(OC2CCN([C@H](C)c3ccc4c(n3)OCCO4)CC2)cc(C)n1. The van der Waals surface area contributed by atoms with Crippen molar-refractivity contribution in [2.75, 3.05) is 66.8 Å². The summed E-state index contributed by atoms with van der Waals surface area (Å²) >= 11 is 0. The summed E-state index contributed by atoms with van der Waals surface area (Å²) in [6, 6.07) is 16.0. The highest BCUT2D eigenvalue weighted by Crippen LogP contribution is 2.34. The van der Waals surface area contributed by atoms with Crippen LogP contribution in [-0.4, -0.2) is 109 Å². The van der Waals surface area contributed by atoms with Crippen molar-refractivity contribution >= 4 is 0 Å². The molecular weight excluding hydrogens is 716 g/mol. The van der Waals surface area contributed by atoms with Crippen molar-refractivity contribution in [2.24, 2.45) is 0 Å². The molecule has 0 unspecified atom stereocenters. The Labute approximate surface area is 329 Å². The molecule has 0 radical (unpaired) electrons. The fraction of sp³-hybridized carbons (Fsp3) is 0.524. The molecule has 8 rings (SSSR count). The van der Waals surface area contributed by atoms with Crippen molar-refractivity contribution < 1.29 is 37.9 Å². The number of rotatable bonds is 10. The molecule has 2 saturated heterocycles. The molecule has 4 aromatic heterocycles. The first-order valence-electron chi connectivity index (χ1n) is 19.6. The van der Waals surface area contributed by atoms with E-state index >= 15 is 0 Å². The lowest BCUT2D eigenvalue weighted by Gasteiger charge is -2.36. The van der Waals surface area contributed by atoms with Crippen molar-refractivity contribution in [3.63, 3.8) is 0 Å². The molecule has 0 spiro atoms. The minimum absolute atomic E-state index is 0.197. The molecule has 4 aliphatic heterocycles. The van der Waals surface area contributed by atoms with Gasteiger partial charge in [-0.1, -0.05) is 0 Å². The summed E-state index contributed by atoms with van der Waals surface area (Å²) in [7, 11) is 3.24. The zero-order valence-corrected chi connectivity index (χ0v) is 33.4. The van der Waals surface area contributed by atoms with Gasteiger partial charge in [0.15, 0.2) is 11.5 Å². The van der Waals surface area contributed by atoms with Gasteiger partial charge in [-0.15, -0.1) is 0 Å². The lowest BCUT2D eigenvalue weighted by molar-refractivity contribution is 0.0777. The molecule has 14 nitrogen and oxygen atoms in total. The molecule has 56 heavy (non-hydrogen) atoms. The number of methoxy groups -OCH3 is 2. The number of piperidine rings is 2. The third-order valence-electron chi connectivity index (χ3n) is 10.6. The van der Waals surface area contributed by atoms with Crippen LogP contribution in [0.5, 0.6) is 46.5 Å². The second-order valence-corrected chi connectivity index (χ2v) is 14.5. The van der Waals surface area contributed by atoms with Gasteiger partial charge < -0.3 is 37.9 Å². The lowest BCUT2D eigenvalue weighted by atomic mass is 10.0. The zero-order valence-electron chi connectivity index (χ0n) is 33.4. The maximum atomic E-state index is 6.19. The first-order valence-corrected chi connectivity index (χ1v) is 19.6. The maximum Gasteiger partial charge on any atom is 0.257 e. The summed E-state index contributed by atoms with van der Waals surface area (Å²) in [5, 5.41) is 0. The van der Waals surface area contributed by atoms with E-state index in [0.29, 0.717) is 49.9 Å². The van der Waals surface area contributed by atoms with Crippen molar-refractivity contribution in [3.05, 3.63) is 71.3 Å². The van der Waals surface area contributed by atoms with Crippen LogP contribution in [0.3, 0.4) is 0 Å². The van der Waals surface area contributed by atoms with E-state index in [1.54, 1.807) is 14.2 Å². The van der Waals surface area contributed by atoms with E-state index in [1.807, 2.05) is 62.4 Å². The summed E-state index contributed by atoms with van der Waals surface area (Å²) in [5.74, 6) is 5.51. The van der Waals surface area contributed by atoms with Gasteiger partial charge in [0.05, 0.1) is 25.6 Å². The number of ether oxygens (including phenoxy) is 8. The summed E-state index contributed by atoms with van der Waals surface area (Å²) in [6.07, 6.45) is 4.28. The molecular formula is C42H54N6O8. The Kier molecular flexibility index (Phi) is 12.8. The average Bonchev–Trinajstić information content (AvgIpc) is 3.23. The first-order chi connectivity index (χ1) is 27.2. The minimum Gasteiger partial charge on any atom is -0.490 e. The number of nitrogens with zero attached hydrogens (tertiary/aromatic N) is 6. The molecule has 0 aliphatic carbocycles. The normalized spacial score (nSPS) is 18.5. The number of hydrogen-bond donors (Lipinski definition) is 0. The van der Waals surface area contributed by atoms with Crippen LogP contribution in [0.2, 0.25) is 0 Å². The Hall–Kier alpha value is -5.08. The topological polar surface area (TPSA) is 132 Å². The van der Waals surface area contributed by atoms with E-state index in [1.165, 1.54) is 0 Å². The van der Waals surface area contributed by atoms with E-state index in [-0.39, 0.29) is 24.3 Å². The molecule has 14 heteroatoms. The van der Waals surface area contributed by atoms with Crippen LogP contribution in [0.4, 0.5) is 0 Å². The van der Waals surface area contributed by atoms with Gasteiger partial charge in [0, 0.05) is 73.9 Å². The lowest BCUT2D eigenvalue weighted by Crippen LogP contribution is -2.39. The molecule has 0 saturated carbocycles. The third kappa shape index (κ3) is 9.83. The Morgan fingerprint density at radius 2 is 0.946 bits per heavy atom. The van der Waals surface area contributed by atoms with E-state index in [9.17, 15) is 0 Å². The predicted octanol–water partition coefficient (Wildman–Crippen LogP) is 6.34. The molecule has 8 heterocycles. The van der Waals surface area contributed by atoms with Gasteiger partial charge in [-0.2, -0.15) is 0 Å². The second kappa shape index (κ2) is 18.2. The van der Waals surface area contributed by atoms with Gasteiger partial charge in [0.25, 0.3) is 11.8 Å². The summed E-state index contributed by atoms with van der Waals surface area (Å²) in [5.41, 5.74) is 3.81. The monoisotopic (exact) mass is 770 g/mol. The first kappa shape index (κ1) is 39.2. The molecule has 4 aromatic rings. The summed E-state index contributed by atoms with van der Waals surface area (Å²) < 4.78 is 45.2. The fourth-order valence-corrected chi connectivity index (χ4v) is 7.44.